The van der Waals surface area contributed by atoms with Gasteiger partial charge in [0.05, 0.1) is 31.2 Å². The van der Waals surface area contributed by atoms with Crippen LogP contribution in [0.3, 0.4) is 0 Å². The summed E-state index contributed by atoms with van der Waals surface area (Å²) in [7, 11) is 3.79. The summed E-state index contributed by atoms with van der Waals surface area (Å²) in [5.41, 5.74) is 0.356. The monoisotopic (exact) mass is 679 g/mol. The zero-order valence-electron chi connectivity index (χ0n) is 27.2. The summed E-state index contributed by atoms with van der Waals surface area (Å²) < 4.78 is 36.8. The predicted molar refractivity (Wildman–Crippen MR) is 165 cm³/mol. The van der Waals surface area contributed by atoms with Gasteiger partial charge in [0.25, 0.3) is 0 Å². The van der Waals surface area contributed by atoms with Crippen molar-refractivity contribution in [3.05, 3.63) is 41.5 Å². The van der Waals surface area contributed by atoms with Gasteiger partial charge in [0.15, 0.2) is 24.4 Å². The summed E-state index contributed by atoms with van der Waals surface area (Å²) >= 11 is 1.03. The third-order valence-electron chi connectivity index (χ3n) is 6.25. The highest BCUT2D eigenvalue weighted by atomic mass is 32.1. The molecule has 16 heteroatoms. The predicted octanol–water partition coefficient (Wildman–Crippen LogP) is 2.71. The van der Waals surface area contributed by atoms with Crippen LogP contribution in [0.25, 0.3) is 10.4 Å². The van der Waals surface area contributed by atoms with Crippen molar-refractivity contribution >= 4 is 58.1 Å². The Morgan fingerprint density at radius 1 is 0.660 bits per heavy atom. The lowest BCUT2D eigenvalue weighted by atomic mass is 10.0. The highest BCUT2D eigenvalue weighted by molar-refractivity contribution is 7.20. The Balaban J connectivity index is 2.78. The number of hydrogen-bond donors (Lipinski definition) is 0. The maximum absolute atomic E-state index is 13.2. The van der Waals surface area contributed by atoms with Gasteiger partial charge in [-0.25, -0.2) is 9.59 Å². The van der Waals surface area contributed by atoms with Gasteiger partial charge in [-0.15, -0.1) is 11.3 Å². The molecule has 0 bridgehead atoms. The molecular weight excluding hydrogens is 642 g/mol. The van der Waals surface area contributed by atoms with Crippen LogP contribution in [0.15, 0.2) is 30.3 Å². The van der Waals surface area contributed by atoms with E-state index in [4.69, 9.17) is 33.2 Å². The Hall–Kier alpha value is -4.99. The van der Waals surface area contributed by atoms with Gasteiger partial charge in [0, 0.05) is 41.7 Å². The van der Waals surface area contributed by atoms with Crippen LogP contribution in [0.1, 0.15) is 55.3 Å². The van der Waals surface area contributed by atoms with Crippen LogP contribution in [0.5, 0.6) is 0 Å². The Morgan fingerprint density at radius 3 is 1.60 bits per heavy atom. The smallest absolute Gasteiger partial charge is 0.341 e. The normalized spacial score (nSPS) is 13.1. The molecule has 1 heterocycles. The van der Waals surface area contributed by atoms with Crippen LogP contribution in [-0.4, -0.2) is 101 Å². The highest BCUT2D eigenvalue weighted by Gasteiger charge is 2.45. The first kappa shape index (κ1) is 38.2. The second kappa shape index (κ2) is 17.6. The molecule has 2 aromatic rings. The van der Waals surface area contributed by atoms with E-state index < -0.39 is 72.8 Å². The standard InChI is InChI=1S/C31H37NO14S/c1-16(33)42-15-23(44-18(3)35)27(46-20(5)37)26(45-19(4)36)22(43-17(2)34)14-32(6)29-25(31(39)41-8)24(30(38)40-7)28(47-29)21-12-10-9-11-13-21/h9-13,22-23,26-27H,14-15H2,1-8H3/t22-,23+,26+,27+/m0/s1. The number of benzene rings is 1. The number of rotatable bonds is 15. The molecule has 0 aliphatic carbocycles. The lowest BCUT2D eigenvalue weighted by molar-refractivity contribution is -0.201. The van der Waals surface area contributed by atoms with Crippen molar-refractivity contribution in [3.63, 3.8) is 0 Å². The molecule has 0 N–H and O–H groups in total. The maximum Gasteiger partial charge on any atom is 0.341 e. The van der Waals surface area contributed by atoms with E-state index in [9.17, 15) is 33.6 Å². The number of carbonyl (C=O) groups is 7. The Kier molecular flexibility index (Phi) is 14.3. The fraction of sp³-hybridized carbons (Fsp3) is 0.452. The number of ether oxygens (including phenoxy) is 7. The van der Waals surface area contributed by atoms with Crippen molar-refractivity contribution in [1.82, 2.24) is 0 Å². The van der Waals surface area contributed by atoms with Crippen molar-refractivity contribution in [2.75, 3.05) is 39.3 Å². The first-order valence-corrected chi connectivity index (χ1v) is 14.8. The third kappa shape index (κ3) is 10.8. The molecule has 2 rings (SSSR count). The van der Waals surface area contributed by atoms with Gasteiger partial charge in [-0.05, 0) is 5.56 Å². The summed E-state index contributed by atoms with van der Waals surface area (Å²) in [6.07, 6.45) is -6.31. The second-order valence-corrected chi connectivity index (χ2v) is 11.0. The molecule has 15 nitrogen and oxygen atoms in total. The van der Waals surface area contributed by atoms with Crippen molar-refractivity contribution < 1.29 is 66.7 Å². The van der Waals surface area contributed by atoms with E-state index in [1.54, 1.807) is 30.3 Å². The first-order valence-electron chi connectivity index (χ1n) is 14.0. The highest BCUT2D eigenvalue weighted by Crippen LogP contribution is 2.43. The van der Waals surface area contributed by atoms with E-state index in [0.717, 1.165) is 60.2 Å². The molecule has 256 valence electrons. The molecule has 0 aliphatic rings. The maximum atomic E-state index is 13.2. The molecule has 0 amide bonds. The molecule has 1 aromatic carbocycles. The van der Waals surface area contributed by atoms with Crippen molar-refractivity contribution in [3.8, 4) is 10.4 Å². The first-order chi connectivity index (χ1) is 22.1. The topological polar surface area (TPSA) is 187 Å². The van der Waals surface area contributed by atoms with Crippen molar-refractivity contribution in [1.29, 1.82) is 0 Å². The second-order valence-electron chi connectivity index (χ2n) is 9.96. The van der Waals surface area contributed by atoms with Crippen LogP contribution < -0.4 is 4.90 Å². The molecule has 0 radical (unpaired) electrons. The van der Waals surface area contributed by atoms with E-state index in [-0.39, 0.29) is 22.7 Å². The summed E-state index contributed by atoms with van der Waals surface area (Å²) in [6, 6.07) is 8.70. The summed E-state index contributed by atoms with van der Waals surface area (Å²) in [5.74, 6) is -5.94. The van der Waals surface area contributed by atoms with Crippen LogP contribution in [0, 0.1) is 0 Å². The molecule has 1 aromatic heterocycles. The zero-order valence-corrected chi connectivity index (χ0v) is 28.0. The SMILES string of the molecule is COC(=O)c1c(-c2ccccc2)sc(N(C)C[C@H](OC(C)=O)[C@@H](OC(C)=O)[C@H](OC(C)=O)[C@@H](COC(C)=O)OC(C)=O)c1C(=O)OC. The molecular formula is C31H37NO14S. The minimum absolute atomic E-state index is 0.0768. The van der Waals surface area contributed by atoms with Gasteiger partial charge in [0.1, 0.15) is 17.2 Å². The van der Waals surface area contributed by atoms with E-state index in [2.05, 4.69) is 0 Å². The number of thiophene rings is 1. The largest absolute Gasteiger partial charge is 0.465 e. The fourth-order valence-corrected chi connectivity index (χ4v) is 5.80. The Labute approximate surface area is 274 Å². The number of hydrogen-bond acceptors (Lipinski definition) is 16. The number of anilines is 1. The van der Waals surface area contributed by atoms with E-state index in [1.807, 2.05) is 0 Å². The Bertz CT molecular complexity index is 1470. The number of likely N-dealkylation sites (N-methyl/N-ethyl adjacent to an activating group) is 1. The molecule has 0 saturated heterocycles. The molecule has 0 aliphatic heterocycles. The number of nitrogens with zero attached hydrogens (tertiary/aromatic N) is 1. The van der Waals surface area contributed by atoms with Gasteiger partial charge in [0.2, 0.25) is 0 Å². The van der Waals surface area contributed by atoms with Crippen molar-refractivity contribution in [2.24, 2.45) is 0 Å². The van der Waals surface area contributed by atoms with Crippen LogP contribution in [0.2, 0.25) is 0 Å². The lowest BCUT2D eigenvalue weighted by Gasteiger charge is -2.36. The summed E-state index contributed by atoms with van der Waals surface area (Å²) in [4.78, 5) is 88.7. The van der Waals surface area contributed by atoms with Crippen LogP contribution >= 0.6 is 11.3 Å². The van der Waals surface area contributed by atoms with Gasteiger partial charge in [-0.2, -0.15) is 0 Å². The average molecular weight is 680 g/mol. The molecule has 47 heavy (non-hydrogen) atoms. The Morgan fingerprint density at radius 2 is 1.13 bits per heavy atom. The minimum atomic E-state index is -1.66. The molecule has 0 unspecified atom stereocenters. The van der Waals surface area contributed by atoms with E-state index in [0.29, 0.717) is 10.4 Å². The van der Waals surface area contributed by atoms with E-state index in [1.165, 1.54) is 11.9 Å². The van der Waals surface area contributed by atoms with Gasteiger partial charge in [-0.1, -0.05) is 30.3 Å². The van der Waals surface area contributed by atoms with Gasteiger partial charge < -0.3 is 38.1 Å². The lowest BCUT2D eigenvalue weighted by Crippen LogP contribution is -2.55. The van der Waals surface area contributed by atoms with Crippen LogP contribution in [-0.2, 0) is 57.1 Å². The van der Waals surface area contributed by atoms with Gasteiger partial charge >= 0.3 is 41.8 Å². The molecule has 4 atom stereocenters. The molecule has 0 spiro atoms. The average Bonchev–Trinajstić information content (AvgIpc) is 3.40. The number of methoxy groups -OCH3 is 2. The van der Waals surface area contributed by atoms with Crippen molar-refractivity contribution in [2.45, 2.75) is 59.0 Å². The fourth-order valence-electron chi connectivity index (χ4n) is 4.54. The summed E-state index contributed by atoms with van der Waals surface area (Å²) in [6.45, 7) is 4.34. The quantitative estimate of drug-likeness (QED) is 0.197. The molecule has 0 saturated carbocycles. The van der Waals surface area contributed by atoms with Crippen LogP contribution in [0.4, 0.5) is 5.00 Å². The number of esters is 7. The summed E-state index contributed by atoms with van der Waals surface area (Å²) in [5, 5.41) is 0.176. The van der Waals surface area contributed by atoms with E-state index >= 15 is 0 Å². The zero-order chi connectivity index (χ0) is 35.4. The number of carbonyl (C=O) groups excluding carboxylic acids is 7. The minimum Gasteiger partial charge on any atom is -0.465 e. The third-order valence-corrected chi connectivity index (χ3v) is 7.60. The van der Waals surface area contributed by atoms with Gasteiger partial charge in [-0.3, -0.25) is 24.0 Å². The molecule has 0 fully saturated rings.